The van der Waals surface area contributed by atoms with Crippen molar-refractivity contribution in [1.29, 1.82) is 0 Å². The molecule has 0 bridgehead atoms. The predicted molar refractivity (Wildman–Crippen MR) is 109 cm³/mol. The molecule has 1 aromatic carbocycles. The fourth-order valence-electron chi connectivity index (χ4n) is 3.87. The number of piperazine rings is 1. The number of hydrogen-bond donors (Lipinski definition) is 0. The van der Waals surface area contributed by atoms with Gasteiger partial charge in [0.1, 0.15) is 17.9 Å². The number of hydrogen-bond acceptors (Lipinski definition) is 5. The Kier molecular flexibility index (Phi) is 6.99. The normalized spacial score (nSPS) is 16.0. The SMILES string of the molecule is [C-]#[N+]C(c1ncco1)N1CCN(c2ccc(CC(=O)C(CC)CC)cc2F)CC1. The third kappa shape index (κ3) is 4.83. The standard InChI is InChI=1S/C22H27FN4O2/c1-4-17(5-2)20(28)15-16-6-7-19(18(23)14-16)26-9-11-27(12-10-26)21(24-3)22-25-8-13-29-22/h6-8,13-14,17,21H,4-5,9-12,15H2,1-2H3. The molecular weight excluding hydrogens is 371 g/mol. The van der Waals surface area contributed by atoms with E-state index in [0.717, 1.165) is 18.4 Å². The van der Waals surface area contributed by atoms with E-state index in [2.05, 4.69) is 9.83 Å². The molecule has 1 fully saturated rings. The van der Waals surface area contributed by atoms with Crippen LogP contribution in [0.2, 0.25) is 0 Å². The summed E-state index contributed by atoms with van der Waals surface area (Å²) in [5, 5.41) is 0. The van der Waals surface area contributed by atoms with Gasteiger partial charge in [0.15, 0.2) is 0 Å². The van der Waals surface area contributed by atoms with Crippen molar-refractivity contribution in [3.63, 3.8) is 0 Å². The summed E-state index contributed by atoms with van der Waals surface area (Å²) < 4.78 is 20.0. The summed E-state index contributed by atoms with van der Waals surface area (Å²) in [4.78, 5) is 24.0. The van der Waals surface area contributed by atoms with Crippen LogP contribution in [0, 0.1) is 18.3 Å². The molecule has 0 amide bonds. The first-order chi connectivity index (χ1) is 14.1. The number of carbonyl (C=O) groups excluding carboxylic acids is 1. The van der Waals surface area contributed by atoms with Gasteiger partial charge in [-0.05, 0) is 30.5 Å². The third-order valence-corrected chi connectivity index (χ3v) is 5.63. The number of halogens is 1. The van der Waals surface area contributed by atoms with Gasteiger partial charge in [0.05, 0.1) is 11.9 Å². The highest BCUT2D eigenvalue weighted by Crippen LogP contribution is 2.27. The Bertz CT molecular complexity index is 850. The Labute approximate surface area is 171 Å². The van der Waals surface area contributed by atoms with Crippen LogP contribution in [0.4, 0.5) is 10.1 Å². The second-order valence-electron chi connectivity index (χ2n) is 7.34. The molecule has 1 aromatic heterocycles. The van der Waals surface area contributed by atoms with Crippen LogP contribution in [0.3, 0.4) is 0 Å². The van der Waals surface area contributed by atoms with Crippen LogP contribution in [0.15, 0.2) is 35.1 Å². The molecule has 7 heteroatoms. The quantitative estimate of drug-likeness (QED) is 0.627. The van der Waals surface area contributed by atoms with Crippen molar-refractivity contribution in [2.75, 3.05) is 31.1 Å². The molecule has 1 aliphatic rings. The Morgan fingerprint density at radius 3 is 2.55 bits per heavy atom. The van der Waals surface area contributed by atoms with Gasteiger partial charge in [0.2, 0.25) is 0 Å². The van der Waals surface area contributed by atoms with Gasteiger partial charge in [-0.15, -0.1) is 0 Å². The van der Waals surface area contributed by atoms with Crippen molar-refractivity contribution < 1.29 is 13.6 Å². The van der Waals surface area contributed by atoms with E-state index in [9.17, 15) is 9.18 Å². The molecule has 29 heavy (non-hydrogen) atoms. The van der Waals surface area contributed by atoms with Crippen molar-refractivity contribution in [2.24, 2.45) is 5.92 Å². The Hall–Kier alpha value is -2.72. The van der Waals surface area contributed by atoms with E-state index < -0.39 is 6.17 Å². The van der Waals surface area contributed by atoms with Crippen LogP contribution in [0.25, 0.3) is 4.85 Å². The van der Waals surface area contributed by atoms with Crippen LogP contribution in [0.5, 0.6) is 0 Å². The molecule has 2 aromatic rings. The predicted octanol–water partition coefficient (Wildman–Crippen LogP) is 4.10. The first kappa shape index (κ1) is 21.0. The zero-order chi connectivity index (χ0) is 20.8. The van der Waals surface area contributed by atoms with E-state index in [0.29, 0.717) is 37.8 Å². The lowest BCUT2D eigenvalue weighted by Gasteiger charge is -2.35. The molecule has 0 radical (unpaired) electrons. The van der Waals surface area contributed by atoms with Gasteiger partial charge in [-0.2, -0.15) is 0 Å². The minimum absolute atomic E-state index is 0.0462. The van der Waals surface area contributed by atoms with Crippen LogP contribution >= 0.6 is 0 Å². The second kappa shape index (κ2) is 9.66. The molecule has 2 heterocycles. The summed E-state index contributed by atoms with van der Waals surface area (Å²) in [6.45, 7) is 13.9. The minimum atomic E-state index is -0.546. The van der Waals surface area contributed by atoms with Crippen molar-refractivity contribution >= 4 is 11.5 Å². The first-order valence-corrected chi connectivity index (χ1v) is 10.1. The molecule has 0 N–H and O–H groups in total. The maximum atomic E-state index is 14.8. The molecule has 0 saturated carbocycles. The number of oxazole rings is 1. The van der Waals surface area contributed by atoms with E-state index in [4.69, 9.17) is 11.0 Å². The molecule has 3 rings (SSSR count). The maximum Gasteiger partial charge on any atom is 0.355 e. The van der Waals surface area contributed by atoms with Gasteiger partial charge in [-0.1, -0.05) is 19.9 Å². The van der Waals surface area contributed by atoms with Gasteiger partial charge in [-0.25, -0.2) is 20.8 Å². The Morgan fingerprint density at radius 1 is 1.28 bits per heavy atom. The summed E-state index contributed by atoms with van der Waals surface area (Å²) in [6.07, 6.45) is 4.37. The number of aromatic nitrogens is 1. The summed E-state index contributed by atoms with van der Waals surface area (Å²) in [6, 6.07) is 5.09. The van der Waals surface area contributed by atoms with Gasteiger partial charge < -0.3 is 9.32 Å². The molecule has 154 valence electrons. The highest BCUT2D eigenvalue weighted by molar-refractivity contribution is 5.83. The molecule has 1 aliphatic heterocycles. The lowest BCUT2D eigenvalue weighted by Crippen LogP contribution is -2.47. The topological polar surface area (TPSA) is 53.9 Å². The van der Waals surface area contributed by atoms with Gasteiger partial charge >= 0.3 is 6.17 Å². The minimum Gasteiger partial charge on any atom is -0.441 e. The summed E-state index contributed by atoms with van der Waals surface area (Å²) in [5.74, 6) is 0.311. The Morgan fingerprint density at radius 2 is 2.00 bits per heavy atom. The Balaban J connectivity index is 1.62. The number of rotatable bonds is 8. The highest BCUT2D eigenvalue weighted by Gasteiger charge is 2.32. The maximum absolute atomic E-state index is 14.8. The zero-order valence-corrected chi connectivity index (χ0v) is 17.0. The average Bonchev–Trinajstić information content (AvgIpc) is 3.25. The van der Waals surface area contributed by atoms with Gasteiger partial charge in [0, 0.05) is 38.5 Å². The molecule has 0 spiro atoms. The van der Waals surface area contributed by atoms with Crippen LogP contribution < -0.4 is 4.90 Å². The van der Waals surface area contributed by atoms with Crippen molar-refractivity contribution in [3.05, 3.63) is 59.3 Å². The van der Waals surface area contributed by atoms with Gasteiger partial charge in [0.25, 0.3) is 5.89 Å². The largest absolute Gasteiger partial charge is 0.441 e. The molecule has 1 saturated heterocycles. The number of ketones is 1. The summed E-state index contributed by atoms with van der Waals surface area (Å²) >= 11 is 0. The third-order valence-electron chi connectivity index (χ3n) is 5.63. The van der Waals surface area contributed by atoms with E-state index in [1.807, 2.05) is 29.7 Å². The van der Waals surface area contributed by atoms with Gasteiger partial charge in [-0.3, -0.25) is 9.64 Å². The van der Waals surface area contributed by atoms with Crippen molar-refractivity contribution in [1.82, 2.24) is 9.88 Å². The number of benzene rings is 1. The van der Waals surface area contributed by atoms with E-state index in [-0.39, 0.29) is 23.9 Å². The van der Waals surface area contributed by atoms with Crippen LogP contribution in [-0.2, 0) is 11.2 Å². The molecule has 0 aliphatic carbocycles. The number of anilines is 1. The van der Waals surface area contributed by atoms with Crippen molar-refractivity contribution in [2.45, 2.75) is 39.3 Å². The van der Waals surface area contributed by atoms with Crippen molar-refractivity contribution in [3.8, 4) is 0 Å². The average molecular weight is 398 g/mol. The highest BCUT2D eigenvalue weighted by atomic mass is 19.1. The smallest absolute Gasteiger partial charge is 0.355 e. The van der Waals surface area contributed by atoms with E-state index in [1.165, 1.54) is 18.5 Å². The van der Waals surface area contributed by atoms with Crippen LogP contribution in [0.1, 0.15) is 44.3 Å². The zero-order valence-electron chi connectivity index (χ0n) is 17.0. The van der Waals surface area contributed by atoms with E-state index in [1.54, 1.807) is 6.07 Å². The fraction of sp³-hybridized carbons (Fsp3) is 0.500. The molecule has 6 nitrogen and oxygen atoms in total. The van der Waals surface area contributed by atoms with E-state index >= 15 is 0 Å². The number of Topliss-reactive ketones (excluding diaryl/α,β-unsaturated/α-hetero) is 1. The summed E-state index contributed by atoms with van der Waals surface area (Å²) in [7, 11) is 0. The van der Waals surface area contributed by atoms with Crippen LogP contribution in [-0.4, -0.2) is 41.8 Å². The monoisotopic (exact) mass is 398 g/mol. The fourth-order valence-corrected chi connectivity index (χ4v) is 3.87. The molecule has 1 unspecified atom stereocenters. The molecule has 1 atom stereocenters. The lowest BCUT2D eigenvalue weighted by molar-refractivity contribution is -0.122. The second-order valence-corrected chi connectivity index (χ2v) is 7.34. The molecular formula is C22H27FN4O2. The lowest BCUT2D eigenvalue weighted by atomic mass is 9.93. The number of nitrogens with zero attached hydrogens (tertiary/aromatic N) is 4. The summed E-state index contributed by atoms with van der Waals surface area (Å²) in [5.41, 5.74) is 1.26. The number of carbonyl (C=O) groups is 1. The first-order valence-electron chi connectivity index (χ1n) is 10.1.